The Morgan fingerprint density at radius 3 is 2.69 bits per heavy atom. The van der Waals surface area contributed by atoms with E-state index in [4.69, 9.17) is 4.99 Å². The van der Waals surface area contributed by atoms with Gasteiger partial charge in [-0.3, -0.25) is 0 Å². The number of hydrogen-bond acceptors (Lipinski definition) is 5. The zero-order chi connectivity index (χ0) is 18.4. The van der Waals surface area contributed by atoms with Crippen LogP contribution in [0, 0.1) is 13.8 Å². The molecule has 0 unspecified atom stereocenters. The van der Waals surface area contributed by atoms with Crippen LogP contribution in [0.5, 0.6) is 0 Å². The minimum absolute atomic E-state index is 0.495. The third-order valence-electron chi connectivity index (χ3n) is 4.19. The molecule has 0 spiro atoms. The van der Waals surface area contributed by atoms with E-state index in [1.165, 1.54) is 15.3 Å². The number of aromatic nitrogens is 3. The largest absolute Gasteiger partial charge is 0.356 e. The molecule has 0 bridgehead atoms. The highest BCUT2D eigenvalue weighted by Gasteiger charge is 2.06. The number of rotatable bonds is 7. The van der Waals surface area contributed by atoms with Gasteiger partial charge >= 0.3 is 0 Å². The van der Waals surface area contributed by atoms with E-state index >= 15 is 0 Å². The molecule has 138 valence electrons. The summed E-state index contributed by atoms with van der Waals surface area (Å²) < 4.78 is 1.97. The molecule has 0 fully saturated rings. The van der Waals surface area contributed by atoms with Crippen LogP contribution < -0.4 is 10.6 Å². The van der Waals surface area contributed by atoms with Crippen molar-refractivity contribution in [2.45, 2.75) is 33.4 Å². The Labute approximate surface area is 162 Å². The number of thiophene rings is 2. The van der Waals surface area contributed by atoms with Gasteiger partial charge in [0.25, 0.3) is 0 Å². The third-order valence-corrected chi connectivity index (χ3v) is 6.15. The summed E-state index contributed by atoms with van der Waals surface area (Å²) >= 11 is 3.55. The van der Waals surface area contributed by atoms with Gasteiger partial charge < -0.3 is 15.2 Å². The summed E-state index contributed by atoms with van der Waals surface area (Å²) in [6.45, 7) is 6.18. The van der Waals surface area contributed by atoms with Crippen LogP contribution in [-0.2, 0) is 26.6 Å². The molecule has 0 amide bonds. The Hall–Kier alpha value is -2.19. The summed E-state index contributed by atoms with van der Waals surface area (Å²) in [6.07, 6.45) is 0.986. The molecule has 0 aliphatic rings. The molecule has 3 aromatic heterocycles. The van der Waals surface area contributed by atoms with Crippen molar-refractivity contribution in [2.24, 2.45) is 12.0 Å². The van der Waals surface area contributed by atoms with Crippen molar-refractivity contribution < 1.29 is 0 Å². The highest BCUT2D eigenvalue weighted by Crippen LogP contribution is 2.14. The first kappa shape index (κ1) is 18.6. The topological polar surface area (TPSA) is 67.1 Å². The SMILES string of the molecule is Cc1ccsc1CNC(=NCc1nnc(C)n1C)NCCc1cccs1. The lowest BCUT2D eigenvalue weighted by Crippen LogP contribution is -2.38. The number of guanidine groups is 1. The van der Waals surface area contributed by atoms with E-state index in [2.05, 4.69) is 56.7 Å². The van der Waals surface area contributed by atoms with Gasteiger partial charge in [0.15, 0.2) is 11.8 Å². The summed E-state index contributed by atoms with van der Waals surface area (Å²) in [4.78, 5) is 7.39. The molecule has 0 atom stereocenters. The van der Waals surface area contributed by atoms with Gasteiger partial charge in [0.05, 0.1) is 6.54 Å². The predicted octanol–water partition coefficient (Wildman–Crippen LogP) is 3.03. The number of hydrogen-bond donors (Lipinski definition) is 2. The number of nitrogens with one attached hydrogen (secondary N) is 2. The standard InChI is InChI=1S/C18H24N6S2/c1-13-7-10-26-16(13)11-20-18(19-8-6-15-5-4-9-25-15)21-12-17-23-22-14(2)24(17)3/h4-5,7,9-10H,6,8,11-12H2,1-3H3,(H2,19,20,21). The minimum Gasteiger partial charge on any atom is -0.356 e. The summed E-state index contributed by atoms with van der Waals surface area (Å²) in [5.41, 5.74) is 1.31. The summed E-state index contributed by atoms with van der Waals surface area (Å²) in [5.74, 6) is 2.55. The molecule has 3 heterocycles. The fourth-order valence-corrected chi connectivity index (χ4v) is 3.98. The summed E-state index contributed by atoms with van der Waals surface area (Å²) in [5, 5.41) is 19.4. The second kappa shape index (κ2) is 8.95. The lowest BCUT2D eigenvalue weighted by atomic mass is 10.3. The molecule has 26 heavy (non-hydrogen) atoms. The van der Waals surface area contributed by atoms with Crippen LogP contribution >= 0.6 is 22.7 Å². The quantitative estimate of drug-likeness (QED) is 0.482. The van der Waals surface area contributed by atoms with Gasteiger partial charge in [-0.15, -0.1) is 32.9 Å². The van der Waals surface area contributed by atoms with Gasteiger partial charge in [0, 0.05) is 23.3 Å². The maximum Gasteiger partial charge on any atom is 0.192 e. The van der Waals surface area contributed by atoms with Gasteiger partial charge in [-0.2, -0.15) is 0 Å². The fraction of sp³-hybridized carbons (Fsp3) is 0.389. The van der Waals surface area contributed by atoms with E-state index in [1.54, 1.807) is 22.7 Å². The van der Waals surface area contributed by atoms with E-state index < -0.39 is 0 Å². The molecule has 3 aromatic rings. The molecule has 8 heteroatoms. The zero-order valence-electron chi connectivity index (χ0n) is 15.3. The maximum absolute atomic E-state index is 4.70. The molecule has 3 rings (SSSR count). The third kappa shape index (κ3) is 4.92. The smallest absolute Gasteiger partial charge is 0.192 e. The van der Waals surface area contributed by atoms with Crippen molar-refractivity contribution in [2.75, 3.05) is 6.54 Å². The number of aryl methyl sites for hydroxylation is 2. The van der Waals surface area contributed by atoms with Crippen LogP contribution in [-0.4, -0.2) is 27.3 Å². The van der Waals surface area contributed by atoms with Gasteiger partial charge in [0.1, 0.15) is 12.4 Å². The van der Waals surface area contributed by atoms with E-state index in [0.29, 0.717) is 6.54 Å². The Balaban J connectivity index is 1.62. The monoisotopic (exact) mass is 388 g/mol. The van der Waals surface area contributed by atoms with E-state index in [1.807, 2.05) is 18.5 Å². The first-order chi connectivity index (χ1) is 12.6. The molecule has 0 saturated heterocycles. The molecule has 0 aliphatic heterocycles. The lowest BCUT2D eigenvalue weighted by molar-refractivity contribution is 0.750. The number of aliphatic imine (C=N–C) groups is 1. The fourth-order valence-electron chi connectivity index (χ4n) is 2.42. The molecule has 0 aliphatic carbocycles. The Morgan fingerprint density at radius 1 is 1.15 bits per heavy atom. The Bertz CT molecular complexity index is 847. The van der Waals surface area contributed by atoms with E-state index in [0.717, 1.165) is 37.1 Å². The van der Waals surface area contributed by atoms with Gasteiger partial charge in [-0.1, -0.05) is 6.07 Å². The average Bonchev–Trinajstić information content (AvgIpc) is 3.35. The molecule has 6 nitrogen and oxygen atoms in total. The molecular formula is C18H24N6S2. The van der Waals surface area contributed by atoms with Crippen molar-refractivity contribution in [1.82, 2.24) is 25.4 Å². The van der Waals surface area contributed by atoms with Crippen molar-refractivity contribution >= 4 is 28.6 Å². The first-order valence-corrected chi connectivity index (χ1v) is 10.3. The van der Waals surface area contributed by atoms with Crippen LogP contribution in [0.2, 0.25) is 0 Å². The van der Waals surface area contributed by atoms with Crippen LogP contribution in [0.3, 0.4) is 0 Å². The predicted molar refractivity (Wildman–Crippen MR) is 109 cm³/mol. The van der Waals surface area contributed by atoms with Crippen molar-refractivity contribution in [3.05, 3.63) is 55.9 Å². The van der Waals surface area contributed by atoms with Crippen LogP contribution in [0.4, 0.5) is 0 Å². The number of nitrogens with zero attached hydrogens (tertiary/aromatic N) is 4. The van der Waals surface area contributed by atoms with Crippen LogP contribution in [0.25, 0.3) is 0 Å². The van der Waals surface area contributed by atoms with Gasteiger partial charge in [-0.05, 0) is 48.7 Å². The molecule has 0 radical (unpaired) electrons. The summed E-state index contributed by atoms with van der Waals surface area (Å²) in [7, 11) is 1.96. The normalized spacial score (nSPS) is 11.7. The Kier molecular flexibility index (Phi) is 6.40. The van der Waals surface area contributed by atoms with Gasteiger partial charge in [0.2, 0.25) is 0 Å². The highest BCUT2D eigenvalue weighted by molar-refractivity contribution is 7.10. The summed E-state index contributed by atoms with van der Waals surface area (Å²) in [6, 6.07) is 6.39. The molecular weight excluding hydrogens is 364 g/mol. The Morgan fingerprint density at radius 2 is 2.04 bits per heavy atom. The maximum atomic E-state index is 4.70. The average molecular weight is 389 g/mol. The lowest BCUT2D eigenvalue weighted by Gasteiger charge is -2.12. The van der Waals surface area contributed by atoms with E-state index in [9.17, 15) is 0 Å². The highest BCUT2D eigenvalue weighted by atomic mass is 32.1. The minimum atomic E-state index is 0.495. The molecule has 0 aromatic carbocycles. The zero-order valence-corrected chi connectivity index (χ0v) is 17.0. The van der Waals surface area contributed by atoms with Crippen molar-refractivity contribution in [1.29, 1.82) is 0 Å². The van der Waals surface area contributed by atoms with Crippen LogP contribution in [0.1, 0.15) is 27.0 Å². The van der Waals surface area contributed by atoms with Crippen LogP contribution in [0.15, 0.2) is 34.0 Å². The van der Waals surface area contributed by atoms with Crippen molar-refractivity contribution in [3.8, 4) is 0 Å². The van der Waals surface area contributed by atoms with Crippen molar-refractivity contribution in [3.63, 3.8) is 0 Å². The second-order valence-corrected chi connectivity index (χ2v) is 8.06. The second-order valence-electron chi connectivity index (χ2n) is 6.02. The molecule has 2 N–H and O–H groups in total. The first-order valence-electron chi connectivity index (χ1n) is 8.56. The van der Waals surface area contributed by atoms with E-state index in [-0.39, 0.29) is 0 Å². The van der Waals surface area contributed by atoms with Gasteiger partial charge in [-0.25, -0.2) is 4.99 Å². The molecule has 0 saturated carbocycles.